The number of nitrogens with one attached hydrogen (secondary N) is 2. The highest BCUT2D eigenvalue weighted by Gasteiger charge is 2.31. The number of benzene rings is 2. The number of hydrogen-bond donors (Lipinski definition) is 2. The van der Waals surface area contributed by atoms with Crippen molar-refractivity contribution in [3.8, 4) is 11.5 Å². The van der Waals surface area contributed by atoms with E-state index in [-0.39, 0.29) is 25.4 Å². The minimum absolute atomic E-state index is 0.0396. The number of para-hydroxylation sites is 1. The smallest absolute Gasteiger partial charge is 0.252 e. The number of amides is 3. The molecule has 0 radical (unpaired) electrons. The van der Waals surface area contributed by atoms with Crippen LogP contribution in [0.3, 0.4) is 0 Å². The molecule has 2 N–H and O–H groups in total. The molecule has 1 aliphatic heterocycles. The number of hydrogen-bond acceptors (Lipinski definition) is 7. The third-order valence-corrected chi connectivity index (χ3v) is 9.03. The van der Waals surface area contributed by atoms with Gasteiger partial charge in [-0.3, -0.25) is 29.1 Å². The van der Waals surface area contributed by atoms with Crippen LogP contribution in [-0.2, 0) is 27.3 Å². The first-order valence-corrected chi connectivity index (χ1v) is 15.7. The van der Waals surface area contributed by atoms with E-state index in [0.29, 0.717) is 23.1 Å². The van der Waals surface area contributed by atoms with Crippen molar-refractivity contribution in [1.82, 2.24) is 25.0 Å². The summed E-state index contributed by atoms with van der Waals surface area (Å²) in [4.78, 5) is 49.6. The van der Waals surface area contributed by atoms with Crippen LogP contribution in [0.4, 0.5) is 0 Å². The lowest BCUT2D eigenvalue weighted by molar-refractivity contribution is -0.147. The molecule has 1 aromatic heterocycles. The van der Waals surface area contributed by atoms with Crippen molar-refractivity contribution in [2.75, 3.05) is 46.9 Å². The number of methoxy groups -OCH3 is 2. The maximum absolute atomic E-state index is 14.1. The van der Waals surface area contributed by atoms with Crippen LogP contribution in [0.15, 0.2) is 48.7 Å². The predicted molar refractivity (Wildman–Crippen MR) is 170 cm³/mol. The fourth-order valence-electron chi connectivity index (χ4n) is 6.59. The zero-order valence-electron chi connectivity index (χ0n) is 26.1. The zero-order chi connectivity index (χ0) is 31.1. The Morgan fingerprint density at radius 1 is 0.977 bits per heavy atom. The van der Waals surface area contributed by atoms with E-state index in [1.165, 1.54) is 51.0 Å². The minimum Gasteiger partial charge on any atom is -0.493 e. The molecule has 0 bridgehead atoms. The summed E-state index contributed by atoms with van der Waals surface area (Å²) in [5, 5.41) is 3.99. The number of aromatic nitrogens is 1. The maximum Gasteiger partial charge on any atom is 0.252 e. The SMILES string of the molecule is COc1ccc(CN(C(C)=O)C(=O)C(Cc2c[nH]c3ccccc23)NC(=O)CN2CCN(C3CCCCC3)CC2)cc1OC. The zero-order valence-corrected chi connectivity index (χ0v) is 26.1. The molecule has 10 nitrogen and oxygen atoms in total. The summed E-state index contributed by atoms with van der Waals surface area (Å²) in [6.07, 6.45) is 8.62. The molecular weight excluding hydrogens is 558 g/mol. The predicted octanol–water partition coefficient (Wildman–Crippen LogP) is 3.74. The molecule has 0 spiro atoms. The molecule has 2 aliphatic rings. The Labute approximate surface area is 259 Å². The molecule has 2 fully saturated rings. The third kappa shape index (κ3) is 7.60. The van der Waals surface area contributed by atoms with Crippen LogP contribution in [0, 0.1) is 0 Å². The van der Waals surface area contributed by atoms with Gasteiger partial charge in [-0.2, -0.15) is 0 Å². The largest absolute Gasteiger partial charge is 0.493 e. The molecule has 5 rings (SSSR count). The Hall–Kier alpha value is -3.89. The van der Waals surface area contributed by atoms with E-state index in [4.69, 9.17) is 9.47 Å². The highest BCUT2D eigenvalue weighted by molar-refractivity contribution is 5.99. The first kappa shape index (κ1) is 31.5. The Morgan fingerprint density at radius 3 is 2.41 bits per heavy atom. The number of nitrogens with zero attached hydrogens (tertiary/aromatic N) is 3. The molecule has 44 heavy (non-hydrogen) atoms. The molecular formula is C34H45N5O5. The van der Waals surface area contributed by atoms with Gasteiger partial charge in [-0.05, 0) is 42.2 Å². The molecule has 2 heterocycles. The van der Waals surface area contributed by atoms with Crippen molar-refractivity contribution in [2.24, 2.45) is 0 Å². The van der Waals surface area contributed by atoms with Crippen LogP contribution < -0.4 is 14.8 Å². The summed E-state index contributed by atoms with van der Waals surface area (Å²) in [7, 11) is 3.09. The van der Waals surface area contributed by atoms with E-state index in [0.717, 1.165) is 42.6 Å². The fraction of sp³-hybridized carbons (Fsp3) is 0.500. The van der Waals surface area contributed by atoms with E-state index in [1.807, 2.05) is 30.5 Å². The summed E-state index contributed by atoms with van der Waals surface area (Å²) in [6, 6.07) is 12.9. The van der Waals surface area contributed by atoms with Crippen LogP contribution in [0.2, 0.25) is 0 Å². The van der Waals surface area contributed by atoms with Gasteiger partial charge in [0.05, 0.1) is 27.3 Å². The average Bonchev–Trinajstić information content (AvgIpc) is 3.46. The van der Waals surface area contributed by atoms with E-state index < -0.39 is 17.9 Å². The quantitative estimate of drug-likeness (QED) is 0.344. The number of fused-ring (bicyclic) bond motifs is 1. The topological polar surface area (TPSA) is 107 Å². The number of piperazine rings is 1. The third-order valence-electron chi connectivity index (χ3n) is 9.03. The van der Waals surface area contributed by atoms with Gasteiger partial charge in [0.2, 0.25) is 11.8 Å². The van der Waals surface area contributed by atoms with Gasteiger partial charge in [-0.25, -0.2) is 0 Å². The molecule has 10 heteroatoms. The van der Waals surface area contributed by atoms with Gasteiger partial charge in [0.1, 0.15) is 6.04 Å². The van der Waals surface area contributed by atoms with E-state index in [9.17, 15) is 14.4 Å². The lowest BCUT2D eigenvalue weighted by Gasteiger charge is -2.40. The highest BCUT2D eigenvalue weighted by Crippen LogP contribution is 2.28. The molecule has 3 aromatic rings. The number of carbonyl (C=O) groups excluding carboxylic acids is 3. The van der Waals surface area contributed by atoms with Crippen LogP contribution in [0.25, 0.3) is 10.9 Å². The second-order valence-electron chi connectivity index (χ2n) is 11.9. The molecule has 1 saturated carbocycles. The lowest BCUT2D eigenvalue weighted by atomic mass is 9.94. The van der Waals surface area contributed by atoms with E-state index >= 15 is 0 Å². The van der Waals surface area contributed by atoms with Gasteiger partial charge >= 0.3 is 0 Å². The van der Waals surface area contributed by atoms with Crippen molar-refractivity contribution in [3.05, 3.63) is 59.8 Å². The first-order valence-electron chi connectivity index (χ1n) is 15.7. The second-order valence-corrected chi connectivity index (χ2v) is 11.9. The highest BCUT2D eigenvalue weighted by atomic mass is 16.5. The first-order chi connectivity index (χ1) is 21.4. The Balaban J connectivity index is 1.30. The lowest BCUT2D eigenvalue weighted by Crippen LogP contribution is -2.55. The number of rotatable bonds is 11. The fourth-order valence-corrected chi connectivity index (χ4v) is 6.59. The summed E-state index contributed by atoms with van der Waals surface area (Å²) in [6.45, 7) is 5.19. The number of H-pyrrole nitrogens is 1. The average molecular weight is 604 g/mol. The molecule has 1 aliphatic carbocycles. The number of imide groups is 1. The van der Waals surface area contributed by atoms with Gasteiger partial charge in [0, 0.05) is 62.7 Å². The van der Waals surface area contributed by atoms with Crippen LogP contribution >= 0.6 is 0 Å². The summed E-state index contributed by atoms with van der Waals surface area (Å²) in [5.74, 6) is -0.00654. The monoisotopic (exact) mass is 603 g/mol. The Kier molecular flexibility index (Phi) is 10.6. The molecule has 1 unspecified atom stereocenters. The Bertz CT molecular complexity index is 1440. The summed E-state index contributed by atoms with van der Waals surface area (Å²) < 4.78 is 10.8. The van der Waals surface area contributed by atoms with Gasteiger partial charge < -0.3 is 19.8 Å². The van der Waals surface area contributed by atoms with Crippen LogP contribution in [-0.4, -0.2) is 96.4 Å². The van der Waals surface area contributed by atoms with Gasteiger partial charge in [-0.15, -0.1) is 0 Å². The molecule has 1 saturated heterocycles. The van der Waals surface area contributed by atoms with Gasteiger partial charge in [-0.1, -0.05) is 43.5 Å². The van der Waals surface area contributed by atoms with Crippen molar-refractivity contribution in [1.29, 1.82) is 0 Å². The van der Waals surface area contributed by atoms with Gasteiger partial charge in [0.15, 0.2) is 11.5 Å². The van der Waals surface area contributed by atoms with Crippen molar-refractivity contribution < 1.29 is 23.9 Å². The van der Waals surface area contributed by atoms with E-state index in [2.05, 4.69) is 20.1 Å². The van der Waals surface area contributed by atoms with E-state index in [1.54, 1.807) is 25.3 Å². The van der Waals surface area contributed by atoms with Crippen molar-refractivity contribution in [3.63, 3.8) is 0 Å². The molecule has 1 atom stereocenters. The molecule has 2 aromatic carbocycles. The number of carbonyl (C=O) groups is 3. The van der Waals surface area contributed by atoms with Crippen LogP contribution in [0.5, 0.6) is 11.5 Å². The summed E-state index contributed by atoms with van der Waals surface area (Å²) in [5.41, 5.74) is 2.55. The molecule has 236 valence electrons. The minimum atomic E-state index is -0.922. The maximum atomic E-state index is 14.1. The van der Waals surface area contributed by atoms with Crippen LogP contribution in [0.1, 0.15) is 50.2 Å². The summed E-state index contributed by atoms with van der Waals surface area (Å²) >= 11 is 0. The normalized spacial score (nSPS) is 17.2. The molecule has 3 amide bonds. The number of ether oxygens (including phenoxy) is 2. The Morgan fingerprint density at radius 2 is 1.70 bits per heavy atom. The second kappa shape index (κ2) is 14.7. The van der Waals surface area contributed by atoms with Crippen molar-refractivity contribution >= 4 is 28.6 Å². The standard InChI is InChI=1S/C34H45N5O5/c1-24(40)39(22-25-13-14-31(43-2)32(19-25)44-3)34(42)30(20-26-21-35-29-12-8-7-11-28(26)29)36-33(41)23-37-15-17-38(18-16-37)27-9-5-4-6-10-27/h7-8,11-14,19,21,27,30,35H,4-6,9-10,15-18,20,22-23H2,1-3H3,(H,36,41). The van der Waals surface area contributed by atoms with Gasteiger partial charge in [0.25, 0.3) is 5.91 Å². The number of aromatic amines is 1. The van der Waals surface area contributed by atoms with Crippen molar-refractivity contribution in [2.45, 2.75) is 64.1 Å².